The molecule has 0 aliphatic carbocycles. The monoisotopic (exact) mass is 904 g/mol. The number of benzene rings is 12. The summed E-state index contributed by atoms with van der Waals surface area (Å²) in [5, 5.41) is 9.63. The van der Waals surface area contributed by atoms with Gasteiger partial charge in [-0.2, -0.15) is 0 Å². The molecule has 0 radical (unpaired) electrons. The van der Waals surface area contributed by atoms with Crippen molar-refractivity contribution < 1.29 is 4.42 Å². The minimum Gasteiger partial charge on any atom is -0.456 e. The van der Waals surface area contributed by atoms with Crippen molar-refractivity contribution in [3.05, 3.63) is 267 Å². The average molecular weight is 905 g/mol. The summed E-state index contributed by atoms with van der Waals surface area (Å²) in [7, 11) is 0. The van der Waals surface area contributed by atoms with Gasteiger partial charge in [0.25, 0.3) is 0 Å². The number of anilines is 3. The molecule has 0 aliphatic heterocycles. The number of hydrogen-bond acceptors (Lipinski definition) is 2. The molecule has 0 saturated heterocycles. The Labute approximate surface area is 411 Å². The summed E-state index contributed by atoms with van der Waals surface area (Å²) in [5.74, 6) is 0. The quantitative estimate of drug-likeness (QED) is 0.151. The summed E-state index contributed by atoms with van der Waals surface area (Å²) in [6.07, 6.45) is 0. The molecule has 3 nitrogen and oxygen atoms in total. The Morgan fingerprint density at radius 3 is 1.37 bits per heavy atom. The normalized spacial score (nSPS) is 11.7. The lowest BCUT2D eigenvalue weighted by atomic mass is 9.94. The first-order valence-corrected chi connectivity index (χ1v) is 24.3. The van der Waals surface area contributed by atoms with Gasteiger partial charge in [-0.25, -0.2) is 0 Å². The molecule has 2 aromatic heterocycles. The first-order valence-electron chi connectivity index (χ1n) is 24.3. The zero-order chi connectivity index (χ0) is 46.8. The number of para-hydroxylation sites is 4. The minimum atomic E-state index is 0.858. The molecule has 0 saturated carbocycles. The smallest absolute Gasteiger partial charge is 0.136 e. The van der Waals surface area contributed by atoms with Crippen LogP contribution in [0.15, 0.2) is 271 Å². The lowest BCUT2D eigenvalue weighted by molar-refractivity contribution is 0.669. The number of furan rings is 1. The van der Waals surface area contributed by atoms with Crippen LogP contribution in [0.3, 0.4) is 0 Å². The van der Waals surface area contributed by atoms with Gasteiger partial charge in [-0.05, 0) is 128 Å². The van der Waals surface area contributed by atoms with Crippen LogP contribution >= 0.6 is 0 Å². The molecule has 0 amide bonds. The third-order valence-corrected chi connectivity index (χ3v) is 14.4. The van der Waals surface area contributed by atoms with Crippen LogP contribution in [0.5, 0.6) is 0 Å². The Hall–Kier alpha value is -9.44. The zero-order valence-corrected chi connectivity index (χ0v) is 38.7. The van der Waals surface area contributed by atoms with E-state index in [1.165, 1.54) is 65.6 Å². The van der Waals surface area contributed by atoms with Gasteiger partial charge in [0.15, 0.2) is 0 Å². The van der Waals surface area contributed by atoms with Crippen molar-refractivity contribution in [2.75, 3.05) is 4.90 Å². The molecule has 12 aromatic carbocycles. The highest BCUT2D eigenvalue weighted by molar-refractivity contribution is 6.10. The van der Waals surface area contributed by atoms with E-state index < -0.39 is 0 Å². The standard InChI is InChI=1S/C68H44N2O/c1-3-19-53-45(15-1)17-13-25-55(53)47-31-37-51(38-32-47)69(52-39-33-48(34-40-52)56-26-14-18-46-16-2-4-20-54(46)56)66-42-36-49(43-62(66)50-35-41-61-60-24-8-12-30-67(60)71-68(61)44-50)57-21-5-9-27-63(57)70-64-28-10-6-22-58(64)59-23-7-11-29-65(59)70/h1-44H. The Morgan fingerprint density at radius 2 is 0.732 bits per heavy atom. The second-order valence-electron chi connectivity index (χ2n) is 18.4. The van der Waals surface area contributed by atoms with E-state index in [0.29, 0.717) is 0 Å². The second kappa shape index (κ2) is 16.7. The molecule has 71 heavy (non-hydrogen) atoms. The predicted molar refractivity (Wildman–Crippen MR) is 299 cm³/mol. The van der Waals surface area contributed by atoms with Crippen LogP contribution in [0, 0.1) is 0 Å². The van der Waals surface area contributed by atoms with Crippen molar-refractivity contribution in [1.82, 2.24) is 4.57 Å². The third-order valence-electron chi connectivity index (χ3n) is 14.4. The highest BCUT2D eigenvalue weighted by Gasteiger charge is 2.22. The Balaban J connectivity index is 0.988. The molecule has 0 atom stereocenters. The van der Waals surface area contributed by atoms with Gasteiger partial charge in [0.1, 0.15) is 11.2 Å². The van der Waals surface area contributed by atoms with Crippen LogP contribution in [0.4, 0.5) is 17.1 Å². The second-order valence-corrected chi connectivity index (χ2v) is 18.4. The zero-order valence-electron chi connectivity index (χ0n) is 38.7. The maximum Gasteiger partial charge on any atom is 0.136 e. The molecule has 14 aromatic rings. The first kappa shape index (κ1) is 40.6. The van der Waals surface area contributed by atoms with Gasteiger partial charge >= 0.3 is 0 Å². The van der Waals surface area contributed by atoms with Gasteiger partial charge in [0, 0.05) is 44.0 Å². The van der Waals surface area contributed by atoms with Gasteiger partial charge in [-0.1, -0.05) is 194 Å². The first-order chi connectivity index (χ1) is 35.2. The van der Waals surface area contributed by atoms with E-state index in [-0.39, 0.29) is 0 Å². The number of rotatable bonds is 8. The van der Waals surface area contributed by atoms with Crippen LogP contribution in [0.2, 0.25) is 0 Å². The minimum absolute atomic E-state index is 0.858. The highest BCUT2D eigenvalue weighted by Crippen LogP contribution is 2.46. The summed E-state index contributed by atoms with van der Waals surface area (Å²) in [4.78, 5) is 2.42. The van der Waals surface area contributed by atoms with Gasteiger partial charge < -0.3 is 13.9 Å². The molecule has 0 N–H and O–H groups in total. The van der Waals surface area contributed by atoms with Crippen molar-refractivity contribution in [3.63, 3.8) is 0 Å². The topological polar surface area (TPSA) is 21.3 Å². The van der Waals surface area contributed by atoms with Gasteiger partial charge in [-0.15, -0.1) is 0 Å². The van der Waals surface area contributed by atoms with Gasteiger partial charge in [-0.3, -0.25) is 0 Å². The van der Waals surface area contributed by atoms with Crippen LogP contribution in [0.1, 0.15) is 0 Å². The molecule has 14 rings (SSSR count). The van der Waals surface area contributed by atoms with Crippen LogP contribution in [0.25, 0.3) is 115 Å². The molecule has 0 spiro atoms. The van der Waals surface area contributed by atoms with E-state index in [4.69, 9.17) is 4.42 Å². The van der Waals surface area contributed by atoms with Gasteiger partial charge in [0.05, 0.1) is 22.4 Å². The number of hydrogen-bond donors (Lipinski definition) is 0. The lowest BCUT2D eigenvalue weighted by Crippen LogP contribution is -2.11. The lowest BCUT2D eigenvalue weighted by Gasteiger charge is -2.29. The molecular weight excluding hydrogens is 861 g/mol. The summed E-state index contributed by atoms with van der Waals surface area (Å²) in [6.45, 7) is 0. The molecule has 0 aliphatic rings. The number of nitrogens with zero attached hydrogens (tertiary/aromatic N) is 2. The Bertz CT molecular complexity index is 4160. The maximum absolute atomic E-state index is 6.60. The summed E-state index contributed by atoms with van der Waals surface area (Å²) >= 11 is 0. The van der Waals surface area contributed by atoms with Crippen LogP contribution < -0.4 is 4.90 Å². The van der Waals surface area contributed by atoms with Crippen LogP contribution in [-0.2, 0) is 0 Å². The van der Waals surface area contributed by atoms with Crippen LogP contribution in [-0.4, -0.2) is 4.57 Å². The van der Waals surface area contributed by atoms with E-state index >= 15 is 0 Å². The number of aromatic nitrogens is 1. The molecule has 332 valence electrons. The molecule has 0 bridgehead atoms. The third kappa shape index (κ3) is 6.82. The van der Waals surface area contributed by atoms with Crippen molar-refractivity contribution in [2.45, 2.75) is 0 Å². The fourth-order valence-corrected chi connectivity index (χ4v) is 11.1. The van der Waals surface area contributed by atoms with Crippen molar-refractivity contribution in [1.29, 1.82) is 0 Å². The SMILES string of the molecule is c1ccc(-n2c3ccccc3c3ccccc32)c(-c2ccc(N(c3ccc(-c4cccc5ccccc45)cc3)c3ccc(-c4cccc5ccccc45)cc3)c(-c3ccc4c(c3)oc3ccccc34)c2)c1. The molecule has 3 heteroatoms. The largest absolute Gasteiger partial charge is 0.456 e. The van der Waals surface area contributed by atoms with E-state index in [2.05, 4.69) is 270 Å². The van der Waals surface area contributed by atoms with Gasteiger partial charge in [0.2, 0.25) is 0 Å². The molecular formula is C68H44N2O. The van der Waals surface area contributed by atoms with Crippen molar-refractivity contribution in [2.24, 2.45) is 0 Å². The Morgan fingerprint density at radius 1 is 0.282 bits per heavy atom. The summed E-state index contributed by atoms with van der Waals surface area (Å²) in [5.41, 5.74) is 17.5. The van der Waals surface area contributed by atoms with Crippen molar-refractivity contribution in [3.8, 4) is 50.2 Å². The summed E-state index contributed by atoms with van der Waals surface area (Å²) in [6, 6.07) is 96.9. The Kier molecular flexibility index (Phi) is 9.53. The average Bonchev–Trinajstić information content (AvgIpc) is 3.99. The fourth-order valence-electron chi connectivity index (χ4n) is 11.1. The van der Waals surface area contributed by atoms with E-state index in [9.17, 15) is 0 Å². The maximum atomic E-state index is 6.60. The molecule has 0 unspecified atom stereocenters. The van der Waals surface area contributed by atoms with Crippen molar-refractivity contribution >= 4 is 82.4 Å². The van der Waals surface area contributed by atoms with E-state index in [0.717, 1.165) is 66.9 Å². The highest BCUT2D eigenvalue weighted by atomic mass is 16.3. The molecule has 2 heterocycles. The van der Waals surface area contributed by atoms with E-state index in [1.54, 1.807) is 0 Å². The fraction of sp³-hybridized carbons (Fsp3) is 0. The molecule has 0 fully saturated rings. The summed E-state index contributed by atoms with van der Waals surface area (Å²) < 4.78 is 9.03. The number of fused-ring (bicyclic) bond motifs is 8. The predicted octanol–water partition coefficient (Wildman–Crippen LogP) is 19.1. The van der Waals surface area contributed by atoms with E-state index in [1.807, 2.05) is 6.07 Å².